The van der Waals surface area contributed by atoms with Gasteiger partial charge in [-0.25, -0.2) is 9.97 Å². The van der Waals surface area contributed by atoms with Crippen molar-refractivity contribution in [1.29, 1.82) is 0 Å². The van der Waals surface area contributed by atoms with E-state index in [4.69, 9.17) is 13.9 Å². The molecule has 0 N–H and O–H groups in total. The highest BCUT2D eigenvalue weighted by Crippen LogP contribution is 2.42. The molecule has 0 spiro atoms. The summed E-state index contributed by atoms with van der Waals surface area (Å²) < 4.78 is 18.2. The first-order valence-corrected chi connectivity index (χ1v) is 11.9. The number of halogens is 1. The van der Waals surface area contributed by atoms with Crippen LogP contribution in [-0.4, -0.2) is 29.6 Å². The number of ether oxygens (including phenoxy) is 2. The van der Waals surface area contributed by atoms with Crippen molar-refractivity contribution >= 4 is 38.8 Å². The second-order valence-electron chi connectivity index (χ2n) is 8.56. The van der Waals surface area contributed by atoms with Gasteiger partial charge in [0.2, 0.25) is 11.7 Å². The first-order valence-electron chi connectivity index (χ1n) is 11.1. The highest BCUT2D eigenvalue weighted by Gasteiger charge is 2.45. The molecular formula is C26H22BrN3O5. The number of fused-ring (bicyclic) bond motifs is 2. The summed E-state index contributed by atoms with van der Waals surface area (Å²) in [6.45, 7) is 4.64. The van der Waals surface area contributed by atoms with Gasteiger partial charge < -0.3 is 13.9 Å². The molecule has 0 aliphatic carbocycles. The summed E-state index contributed by atoms with van der Waals surface area (Å²) in [6, 6.07) is 11.3. The van der Waals surface area contributed by atoms with Crippen molar-refractivity contribution in [3.8, 4) is 11.5 Å². The second-order valence-corrected chi connectivity index (χ2v) is 9.47. The molecule has 9 heteroatoms. The minimum absolute atomic E-state index is 0.0265. The summed E-state index contributed by atoms with van der Waals surface area (Å²) in [5.74, 6) is 1.05. The van der Waals surface area contributed by atoms with Crippen LogP contribution >= 0.6 is 15.9 Å². The molecule has 35 heavy (non-hydrogen) atoms. The molecule has 2 aromatic carbocycles. The number of anilines is 1. The maximum Gasteiger partial charge on any atom is 0.297 e. The topological polar surface area (TPSA) is 94.8 Å². The predicted octanol–water partition coefficient (Wildman–Crippen LogP) is 5.14. The third kappa shape index (κ3) is 4.05. The Morgan fingerprint density at radius 2 is 1.86 bits per heavy atom. The Morgan fingerprint density at radius 3 is 2.57 bits per heavy atom. The van der Waals surface area contributed by atoms with Gasteiger partial charge in [-0.1, -0.05) is 35.8 Å². The first kappa shape index (κ1) is 23.0. The first-order chi connectivity index (χ1) is 16.9. The molecule has 3 heterocycles. The zero-order valence-electron chi connectivity index (χ0n) is 19.3. The summed E-state index contributed by atoms with van der Waals surface area (Å²) in [7, 11) is 1.55. The van der Waals surface area contributed by atoms with E-state index < -0.39 is 11.9 Å². The molecule has 178 valence electrons. The van der Waals surface area contributed by atoms with Gasteiger partial charge in [0.1, 0.15) is 5.58 Å². The van der Waals surface area contributed by atoms with E-state index in [2.05, 4.69) is 39.7 Å². The highest BCUT2D eigenvalue weighted by atomic mass is 79.9. The fraction of sp³-hybridized carbons (Fsp3) is 0.231. The molecule has 5 rings (SSSR count). The van der Waals surface area contributed by atoms with Crippen LogP contribution in [0.5, 0.6) is 11.5 Å². The van der Waals surface area contributed by atoms with Crippen LogP contribution in [0, 0.1) is 5.92 Å². The fourth-order valence-corrected chi connectivity index (χ4v) is 4.47. The van der Waals surface area contributed by atoms with Gasteiger partial charge in [-0.05, 0) is 47.9 Å². The van der Waals surface area contributed by atoms with Crippen molar-refractivity contribution in [2.24, 2.45) is 5.92 Å². The highest BCUT2D eigenvalue weighted by molar-refractivity contribution is 9.10. The van der Waals surface area contributed by atoms with E-state index in [9.17, 15) is 9.59 Å². The summed E-state index contributed by atoms with van der Waals surface area (Å²) in [4.78, 5) is 37.3. The van der Waals surface area contributed by atoms with Crippen LogP contribution in [0.1, 0.15) is 41.6 Å². The number of methoxy groups -OCH3 is 1. The Morgan fingerprint density at radius 1 is 1.09 bits per heavy atom. The van der Waals surface area contributed by atoms with Crippen molar-refractivity contribution in [3.05, 3.63) is 86.4 Å². The van der Waals surface area contributed by atoms with E-state index >= 15 is 0 Å². The molecule has 8 nitrogen and oxygen atoms in total. The number of hydrogen-bond acceptors (Lipinski definition) is 7. The minimum atomic E-state index is -0.812. The van der Waals surface area contributed by atoms with Crippen LogP contribution in [0.25, 0.3) is 11.0 Å². The third-order valence-electron chi connectivity index (χ3n) is 5.68. The predicted molar refractivity (Wildman–Crippen MR) is 134 cm³/mol. The van der Waals surface area contributed by atoms with Gasteiger partial charge in [-0.3, -0.25) is 14.5 Å². The zero-order valence-corrected chi connectivity index (χ0v) is 20.9. The van der Waals surface area contributed by atoms with E-state index in [1.54, 1.807) is 55.9 Å². The van der Waals surface area contributed by atoms with Crippen LogP contribution < -0.4 is 19.8 Å². The molecule has 0 radical (unpaired) electrons. The molecule has 1 aliphatic rings. The monoisotopic (exact) mass is 535 g/mol. The van der Waals surface area contributed by atoms with Crippen LogP contribution in [0.3, 0.4) is 0 Å². The van der Waals surface area contributed by atoms with E-state index in [1.807, 2.05) is 6.07 Å². The van der Waals surface area contributed by atoms with Gasteiger partial charge in [0.25, 0.3) is 5.91 Å². The Kier molecular flexibility index (Phi) is 6.02. The molecule has 1 unspecified atom stereocenters. The minimum Gasteiger partial charge on any atom is -0.493 e. The van der Waals surface area contributed by atoms with E-state index in [1.165, 1.54) is 4.90 Å². The number of nitrogens with zero attached hydrogens (tertiary/aromatic N) is 3. The quantitative estimate of drug-likeness (QED) is 0.337. The van der Waals surface area contributed by atoms with Crippen molar-refractivity contribution in [2.75, 3.05) is 18.6 Å². The average molecular weight is 536 g/mol. The van der Waals surface area contributed by atoms with E-state index in [0.29, 0.717) is 40.6 Å². The third-order valence-corrected chi connectivity index (χ3v) is 6.17. The molecule has 0 saturated carbocycles. The largest absolute Gasteiger partial charge is 0.493 e. The van der Waals surface area contributed by atoms with Gasteiger partial charge in [0, 0.05) is 16.9 Å². The number of rotatable bonds is 6. The maximum atomic E-state index is 13.7. The van der Waals surface area contributed by atoms with Crippen molar-refractivity contribution in [1.82, 2.24) is 9.97 Å². The number of carbonyl (C=O) groups is 1. The number of aromatic nitrogens is 2. The van der Waals surface area contributed by atoms with Crippen LogP contribution in [0.2, 0.25) is 0 Å². The van der Waals surface area contributed by atoms with Gasteiger partial charge in [0.05, 0.1) is 30.7 Å². The van der Waals surface area contributed by atoms with Crippen LogP contribution in [-0.2, 0) is 0 Å². The molecule has 0 bridgehead atoms. The molecule has 0 fully saturated rings. The lowest BCUT2D eigenvalue weighted by Gasteiger charge is -2.24. The summed E-state index contributed by atoms with van der Waals surface area (Å²) in [5.41, 5.74) is 0.902. The average Bonchev–Trinajstić information content (AvgIpc) is 3.16. The molecule has 1 atom stereocenters. The summed E-state index contributed by atoms with van der Waals surface area (Å²) >= 11 is 3.41. The lowest BCUT2D eigenvalue weighted by molar-refractivity contribution is 0.0969. The Hall–Kier alpha value is -3.72. The normalized spacial score (nSPS) is 15.1. The molecular weight excluding hydrogens is 514 g/mol. The van der Waals surface area contributed by atoms with Crippen LogP contribution in [0.15, 0.2) is 68.5 Å². The van der Waals surface area contributed by atoms with Crippen LogP contribution in [0.4, 0.5) is 5.95 Å². The SMILES string of the molecule is COc1cc(C2c3c(oc4ccc(Br)cc4c3=O)C(=O)N2c2ncccn2)ccc1OCC(C)C. The van der Waals surface area contributed by atoms with Gasteiger partial charge in [-0.15, -0.1) is 0 Å². The summed E-state index contributed by atoms with van der Waals surface area (Å²) in [5, 5.41) is 0.371. The van der Waals surface area contributed by atoms with E-state index in [0.717, 1.165) is 4.47 Å². The lowest BCUT2D eigenvalue weighted by atomic mass is 9.98. The van der Waals surface area contributed by atoms with Crippen molar-refractivity contribution in [2.45, 2.75) is 19.9 Å². The van der Waals surface area contributed by atoms with Crippen molar-refractivity contribution < 1.29 is 18.7 Å². The standard InChI is InChI=1S/C26H22BrN3O5/c1-14(2)13-34-19-7-5-15(11-20(19)33-3)22-21-23(31)17-12-16(27)6-8-18(17)35-24(21)25(32)30(22)26-28-9-4-10-29-26/h4-12,14,22H,13H2,1-3H3. The number of hydrogen-bond donors (Lipinski definition) is 0. The Labute approximate surface area is 209 Å². The van der Waals surface area contributed by atoms with Gasteiger partial charge in [-0.2, -0.15) is 0 Å². The lowest BCUT2D eigenvalue weighted by Crippen LogP contribution is -2.31. The number of benzene rings is 2. The molecule has 1 aliphatic heterocycles. The Balaban J connectivity index is 1.73. The van der Waals surface area contributed by atoms with Gasteiger partial charge in [0.15, 0.2) is 16.9 Å². The van der Waals surface area contributed by atoms with Crippen molar-refractivity contribution in [3.63, 3.8) is 0 Å². The molecule has 4 aromatic rings. The maximum absolute atomic E-state index is 13.7. The number of carbonyl (C=O) groups excluding carboxylic acids is 1. The zero-order chi connectivity index (χ0) is 24.7. The second kappa shape index (κ2) is 9.14. The van der Waals surface area contributed by atoms with E-state index in [-0.39, 0.29) is 22.7 Å². The molecule has 2 aromatic heterocycles. The Bertz CT molecular complexity index is 1490. The number of amides is 1. The fourth-order valence-electron chi connectivity index (χ4n) is 4.11. The summed E-state index contributed by atoms with van der Waals surface area (Å²) in [6.07, 6.45) is 3.09. The molecule has 1 amide bonds. The molecule has 0 saturated heterocycles. The smallest absolute Gasteiger partial charge is 0.297 e. The van der Waals surface area contributed by atoms with Gasteiger partial charge >= 0.3 is 0 Å².